The van der Waals surface area contributed by atoms with Gasteiger partial charge in [0, 0.05) is 6.54 Å². The van der Waals surface area contributed by atoms with Crippen molar-refractivity contribution in [2.24, 2.45) is 5.92 Å². The van der Waals surface area contributed by atoms with Crippen molar-refractivity contribution >= 4 is 11.9 Å². The van der Waals surface area contributed by atoms with Crippen molar-refractivity contribution in [2.45, 2.75) is 32.5 Å². The summed E-state index contributed by atoms with van der Waals surface area (Å²) in [4.78, 5) is 24.2. The molecule has 0 saturated carbocycles. The van der Waals surface area contributed by atoms with Crippen molar-refractivity contribution in [3.63, 3.8) is 0 Å². The number of aliphatic carboxylic acids is 1. The fourth-order valence-corrected chi connectivity index (χ4v) is 3.15. The highest BCUT2D eigenvalue weighted by atomic mass is 16.6. The van der Waals surface area contributed by atoms with Gasteiger partial charge in [-0.05, 0) is 50.1 Å². The first-order valence-electron chi connectivity index (χ1n) is 9.62. The number of carboxylic acids is 1. The van der Waals surface area contributed by atoms with Crippen molar-refractivity contribution in [1.29, 1.82) is 0 Å². The van der Waals surface area contributed by atoms with E-state index in [0.717, 1.165) is 11.3 Å². The van der Waals surface area contributed by atoms with Crippen LogP contribution in [-0.4, -0.2) is 42.3 Å². The molecule has 0 saturated heterocycles. The van der Waals surface area contributed by atoms with Crippen LogP contribution in [0.1, 0.15) is 19.4 Å². The molecule has 154 valence electrons. The van der Waals surface area contributed by atoms with E-state index in [1.165, 1.54) is 0 Å². The molecule has 1 heterocycles. The van der Waals surface area contributed by atoms with Crippen molar-refractivity contribution in [3.05, 3.63) is 54.1 Å². The summed E-state index contributed by atoms with van der Waals surface area (Å²) < 4.78 is 16.9. The molecule has 7 nitrogen and oxygen atoms in total. The van der Waals surface area contributed by atoms with Gasteiger partial charge in [-0.25, -0.2) is 0 Å². The Balaban J connectivity index is 1.58. The van der Waals surface area contributed by atoms with Gasteiger partial charge in [-0.15, -0.1) is 0 Å². The van der Waals surface area contributed by atoms with Gasteiger partial charge < -0.3 is 24.6 Å². The number of hydrogen-bond acceptors (Lipinski definition) is 5. The number of nitrogens with one attached hydrogen (secondary N) is 1. The minimum Gasteiger partial charge on any atom is -0.494 e. The first-order chi connectivity index (χ1) is 14.0. The van der Waals surface area contributed by atoms with Crippen LogP contribution in [0.25, 0.3) is 0 Å². The number of hydrogen-bond donors (Lipinski definition) is 2. The lowest BCUT2D eigenvalue weighted by atomic mass is 9.99. The van der Waals surface area contributed by atoms with Gasteiger partial charge in [-0.3, -0.25) is 9.59 Å². The fraction of sp³-hybridized carbons (Fsp3) is 0.364. The van der Waals surface area contributed by atoms with E-state index >= 15 is 0 Å². The first kappa shape index (κ1) is 20.5. The quantitative estimate of drug-likeness (QED) is 0.709. The second-order valence-electron chi connectivity index (χ2n) is 6.87. The molecule has 1 amide bonds. The third-order valence-corrected chi connectivity index (χ3v) is 4.69. The van der Waals surface area contributed by atoms with Gasteiger partial charge in [0.2, 0.25) is 6.10 Å². The summed E-state index contributed by atoms with van der Waals surface area (Å²) >= 11 is 0. The van der Waals surface area contributed by atoms with E-state index in [4.69, 9.17) is 14.2 Å². The third kappa shape index (κ3) is 5.19. The van der Waals surface area contributed by atoms with Gasteiger partial charge in [0.05, 0.1) is 12.5 Å². The standard InChI is InChI=1S/C22H25NO6/c1-3-27-17-10-8-15(9-11-17)12-16(22(25)26)13-23-21(24)20-14(2)28-18-6-4-5-7-19(18)29-20/h4-11,14,16,20H,3,12-13H2,1-2H3,(H,23,24)(H,25,26). The number of ether oxygens (including phenoxy) is 3. The average Bonchev–Trinajstić information content (AvgIpc) is 2.71. The maximum atomic E-state index is 12.6. The molecule has 0 fully saturated rings. The zero-order chi connectivity index (χ0) is 20.8. The molecule has 7 heteroatoms. The minimum absolute atomic E-state index is 0.00436. The Bertz CT molecular complexity index is 851. The average molecular weight is 399 g/mol. The number of benzene rings is 2. The molecular weight excluding hydrogens is 374 g/mol. The van der Waals surface area contributed by atoms with E-state index < -0.39 is 30.0 Å². The van der Waals surface area contributed by atoms with Gasteiger partial charge in [0.15, 0.2) is 11.5 Å². The lowest BCUT2D eigenvalue weighted by molar-refractivity contribution is -0.142. The lowest BCUT2D eigenvalue weighted by Gasteiger charge is -2.31. The summed E-state index contributed by atoms with van der Waals surface area (Å²) in [6, 6.07) is 14.4. The van der Waals surface area contributed by atoms with Gasteiger partial charge >= 0.3 is 5.97 Å². The van der Waals surface area contributed by atoms with Crippen molar-refractivity contribution in [2.75, 3.05) is 13.2 Å². The number of carboxylic acid groups (broad SMARTS) is 1. The SMILES string of the molecule is CCOc1ccc(CC(CNC(=O)C2Oc3ccccc3OC2C)C(=O)O)cc1. The molecule has 0 bridgehead atoms. The van der Waals surface area contributed by atoms with Crippen molar-refractivity contribution in [3.8, 4) is 17.2 Å². The molecule has 0 aromatic heterocycles. The second kappa shape index (κ2) is 9.32. The summed E-state index contributed by atoms with van der Waals surface area (Å²) in [5.74, 6) is -0.314. The topological polar surface area (TPSA) is 94.1 Å². The molecule has 2 aromatic rings. The van der Waals surface area contributed by atoms with Crippen LogP contribution in [0, 0.1) is 5.92 Å². The number of rotatable bonds is 8. The van der Waals surface area contributed by atoms with Crippen LogP contribution in [0.5, 0.6) is 17.2 Å². The highest BCUT2D eigenvalue weighted by Crippen LogP contribution is 2.33. The molecule has 29 heavy (non-hydrogen) atoms. The number of amides is 1. The van der Waals surface area contributed by atoms with E-state index in [-0.39, 0.29) is 6.54 Å². The maximum absolute atomic E-state index is 12.6. The molecule has 0 spiro atoms. The summed E-state index contributed by atoms with van der Waals surface area (Å²) in [5, 5.41) is 12.2. The molecule has 3 rings (SSSR count). The molecule has 0 radical (unpaired) electrons. The largest absolute Gasteiger partial charge is 0.494 e. The van der Waals surface area contributed by atoms with E-state index in [1.54, 1.807) is 25.1 Å². The second-order valence-corrected chi connectivity index (χ2v) is 6.87. The van der Waals surface area contributed by atoms with E-state index in [2.05, 4.69) is 5.32 Å². The lowest BCUT2D eigenvalue weighted by Crippen LogP contribution is -2.50. The predicted octanol–water partition coefficient (Wildman–Crippen LogP) is 2.67. The molecule has 3 unspecified atom stereocenters. The molecule has 3 atom stereocenters. The van der Waals surface area contributed by atoms with Crippen LogP contribution in [-0.2, 0) is 16.0 Å². The van der Waals surface area contributed by atoms with Crippen LogP contribution in [0.3, 0.4) is 0 Å². The maximum Gasteiger partial charge on any atom is 0.308 e. The van der Waals surface area contributed by atoms with Gasteiger partial charge in [-0.1, -0.05) is 24.3 Å². The first-order valence-corrected chi connectivity index (χ1v) is 9.62. The van der Waals surface area contributed by atoms with Crippen LogP contribution in [0.15, 0.2) is 48.5 Å². The summed E-state index contributed by atoms with van der Waals surface area (Å²) in [6.07, 6.45) is -1.04. The fourth-order valence-electron chi connectivity index (χ4n) is 3.15. The smallest absolute Gasteiger partial charge is 0.308 e. The molecule has 2 N–H and O–H groups in total. The van der Waals surface area contributed by atoms with Gasteiger partial charge in [-0.2, -0.15) is 0 Å². The molecule has 0 aliphatic carbocycles. The summed E-state index contributed by atoms with van der Waals surface area (Å²) in [6.45, 7) is 4.21. The number of carbonyl (C=O) groups excluding carboxylic acids is 1. The van der Waals surface area contributed by atoms with Gasteiger partial charge in [0.1, 0.15) is 11.9 Å². The van der Waals surface area contributed by atoms with Crippen molar-refractivity contribution in [1.82, 2.24) is 5.32 Å². The van der Waals surface area contributed by atoms with E-state index in [0.29, 0.717) is 24.5 Å². The minimum atomic E-state index is -0.974. The number of para-hydroxylation sites is 2. The Labute approximate surface area is 169 Å². The molecule has 2 aromatic carbocycles. The molecule has 1 aliphatic heterocycles. The van der Waals surface area contributed by atoms with Crippen LogP contribution in [0.4, 0.5) is 0 Å². The van der Waals surface area contributed by atoms with Crippen LogP contribution >= 0.6 is 0 Å². The summed E-state index contributed by atoms with van der Waals surface area (Å²) in [5.41, 5.74) is 0.856. The Hall–Kier alpha value is -3.22. The normalized spacial score (nSPS) is 18.6. The molecule has 1 aliphatic rings. The predicted molar refractivity (Wildman–Crippen MR) is 106 cm³/mol. The molecular formula is C22H25NO6. The zero-order valence-electron chi connectivity index (χ0n) is 16.5. The summed E-state index contributed by atoms with van der Waals surface area (Å²) in [7, 11) is 0. The Morgan fingerprint density at radius 1 is 1.10 bits per heavy atom. The van der Waals surface area contributed by atoms with Crippen molar-refractivity contribution < 1.29 is 28.9 Å². The zero-order valence-corrected chi connectivity index (χ0v) is 16.5. The highest BCUT2D eigenvalue weighted by molar-refractivity contribution is 5.83. The van der Waals surface area contributed by atoms with E-state index in [1.807, 2.05) is 37.3 Å². The van der Waals surface area contributed by atoms with Crippen LogP contribution < -0.4 is 19.5 Å². The third-order valence-electron chi connectivity index (χ3n) is 4.69. The number of carbonyl (C=O) groups is 2. The van der Waals surface area contributed by atoms with E-state index in [9.17, 15) is 14.7 Å². The Morgan fingerprint density at radius 2 is 1.76 bits per heavy atom. The van der Waals surface area contributed by atoms with Gasteiger partial charge in [0.25, 0.3) is 5.91 Å². The highest BCUT2D eigenvalue weighted by Gasteiger charge is 2.34. The Kier molecular flexibility index (Phi) is 6.59. The van der Waals surface area contributed by atoms with Crippen LogP contribution in [0.2, 0.25) is 0 Å². The Morgan fingerprint density at radius 3 is 2.38 bits per heavy atom. The monoisotopic (exact) mass is 399 g/mol. The number of fused-ring (bicyclic) bond motifs is 1.